The molecule has 3 heterocycles. The fourth-order valence-corrected chi connectivity index (χ4v) is 4.71. The second kappa shape index (κ2) is 8.05. The first-order valence-corrected chi connectivity index (χ1v) is 10.9. The first kappa shape index (κ1) is 20.1. The summed E-state index contributed by atoms with van der Waals surface area (Å²) < 4.78 is 16.2. The summed E-state index contributed by atoms with van der Waals surface area (Å²) >= 11 is 1.41. The number of carbonyl (C=O) groups is 2. The van der Waals surface area contributed by atoms with Gasteiger partial charge in [0.05, 0.1) is 12.2 Å². The van der Waals surface area contributed by atoms with Crippen molar-refractivity contribution in [3.63, 3.8) is 0 Å². The van der Waals surface area contributed by atoms with Crippen molar-refractivity contribution in [1.29, 1.82) is 0 Å². The number of ether oxygens (including phenoxy) is 3. The van der Waals surface area contributed by atoms with Gasteiger partial charge in [-0.3, -0.25) is 14.5 Å². The average Bonchev–Trinajstić information content (AvgIpc) is 3.54. The average molecular weight is 449 g/mol. The quantitative estimate of drug-likeness (QED) is 0.351. The van der Waals surface area contributed by atoms with Crippen molar-refractivity contribution in [3.8, 4) is 17.2 Å². The number of hydrogen-bond acceptors (Lipinski definition) is 7. The van der Waals surface area contributed by atoms with E-state index in [2.05, 4.69) is 0 Å². The normalized spacial score (nSPS) is 18.9. The van der Waals surface area contributed by atoms with E-state index >= 15 is 0 Å². The Balaban J connectivity index is 1.63. The zero-order valence-corrected chi connectivity index (χ0v) is 17.9. The SMILES string of the molecule is CCOc1ccc(N2C(=O)C(=O)/C(=C(\O)c3ccc4c(c3)OCO4)C2c2cccs2)cc1. The Morgan fingerprint density at radius 1 is 1.12 bits per heavy atom. The van der Waals surface area contributed by atoms with Crippen molar-refractivity contribution >= 4 is 34.5 Å². The Hall–Kier alpha value is -3.78. The van der Waals surface area contributed by atoms with Crippen LogP contribution in [0.5, 0.6) is 17.2 Å². The third-order valence-corrected chi connectivity index (χ3v) is 6.25. The largest absolute Gasteiger partial charge is 0.507 e. The van der Waals surface area contributed by atoms with Crippen LogP contribution in [0.25, 0.3) is 5.76 Å². The highest BCUT2D eigenvalue weighted by atomic mass is 32.1. The summed E-state index contributed by atoms with van der Waals surface area (Å²) in [6.45, 7) is 2.50. The molecule has 162 valence electrons. The van der Waals surface area contributed by atoms with Crippen LogP contribution in [0.3, 0.4) is 0 Å². The molecular weight excluding hydrogens is 430 g/mol. The Bertz CT molecular complexity index is 1220. The number of fused-ring (bicyclic) bond motifs is 1. The predicted octanol–water partition coefficient (Wildman–Crippen LogP) is 4.50. The van der Waals surface area contributed by atoms with Crippen molar-refractivity contribution in [2.75, 3.05) is 18.3 Å². The minimum atomic E-state index is -0.752. The van der Waals surface area contributed by atoms with Crippen molar-refractivity contribution in [2.45, 2.75) is 13.0 Å². The predicted molar refractivity (Wildman–Crippen MR) is 119 cm³/mol. The molecule has 1 saturated heterocycles. The van der Waals surface area contributed by atoms with Crippen molar-refractivity contribution in [2.24, 2.45) is 0 Å². The van der Waals surface area contributed by atoms with Crippen molar-refractivity contribution < 1.29 is 28.9 Å². The monoisotopic (exact) mass is 449 g/mol. The van der Waals surface area contributed by atoms with Crippen LogP contribution in [0.2, 0.25) is 0 Å². The summed E-state index contributed by atoms with van der Waals surface area (Å²) in [7, 11) is 0. The third kappa shape index (κ3) is 3.29. The van der Waals surface area contributed by atoms with Gasteiger partial charge in [-0.2, -0.15) is 0 Å². The number of benzene rings is 2. The molecule has 0 radical (unpaired) electrons. The van der Waals surface area contributed by atoms with Crippen molar-refractivity contribution in [3.05, 3.63) is 76.0 Å². The smallest absolute Gasteiger partial charge is 0.300 e. The standard InChI is InChI=1S/C24H19NO6S/c1-2-29-16-8-6-15(7-9-16)25-21(19-4-3-11-32-19)20(23(27)24(25)28)22(26)14-5-10-17-18(12-14)31-13-30-17/h3-12,21,26H,2,13H2,1H3/b22-20-. The first-order valence-electron chi connectivity index (χ1n) is 10.1. The Morgan fingerprint density at radius 2 is 1.91 bits per heavy atom. The van der Waals surface area contributed by atoms with Crippen LogP contribution in [-0.4, -0.2) is 30.2 Å². The molecule has 0 spiro atoms. The van der Waals surface area contributed by atoms with Gasteiger partial charge in [-0.05, 0) is 60.8 Å². The van der Waals surface area contributed by atoms with Gasteiger partial charge in [0.25, 0.3) is 11.7 Å². The minimum absolute atomic E-state index is 0.0326. The van der Waals surface area contributed by atoms with Crippen LogP contribution in [0.4, 0.5) is 5.69 Å². The van der Waals surface area contributed by atoms with Crippen LogP contribution >= 0.6 is 11.3 Å². The highest BCUT2D eigenvalue weighted by Crippen LogP contribution is 2.44. The molecule has 1 amide bonds. The van der Waals surface area contributed by atoms with Gasteiger partial charge in [0.15, 0.2) is 11.5 Å². The first-order chi connectivity index (χ1) is 15.6. The van der Waals surface area contributed by atoms with Gasteiger partial charge >= 0.3 is 0 Å². The van der Waals surface area contributed by atoms with Crippen LogP contribution in [0.1, 0.15) is 23.4 Å². The maximum atomic E-state index is 13.1. The zero-order chi connectivity index (χ0) is 22.2. The summed E-state index contributed by atoms with van der Waals surface area (Å²) in [4.78, 5) is 28.4. The number of carbonyl (C=O) groups excluding carboxylic acids is 2. The fraction of sp³-hybridized carbons (Fsp3) is 0.167. The van der Waals surface area contributed by atoms with E-state index in [-0.39, 0.29) is 18.1 Å². The molecule has 1 N–H and O–H groups in total. The number of nitrogens with zero attached hydrogens (tertiary/aromatic N) is 1. The molecule has 2 aromatic carbocycles. The van der Waals surface area contributed by atoms with Crippen LogP contribution in [0, 0.1) is 0 Å². The number of ketones is 1. The molecule has 0 saturated carbocycles. The molecule has 2 aliphatic heterocycles. The van der Waals surface area contributed by atoms with Gasteiger partial charge in [0.2, 0.25) is 6.79 Å². The summed E-state index contributed by atoms with van der Waals surface area (Å²) in [5.74, 6) is 0.00493. The second-order valence-corrected chi connectivity index (χ2v) is 8.16. The fourth-order valence-electron chi connectivity index (χ4n) is 3.88. The number of amides is 1. The summed E-state index contributed by atoms with van der Waals surface area (Å²) in [6.07, 6.45) is 0. The van der Waals surface area contributed by atoms with Crippen molar-refractivity contribution in [1.82, 2.24) is 0 Å². The molecular formula is C24H19NO6S. The lowest BCUT2D eigenvalue weighted by Crippen LogP contribution is -2.29. The number of thiophene rings is 1. The van der Waals surface area contributed by atoms with E-state index in [9.17, 15) is 14.7 Å². The molecule has 0 aliphatic carbocycles. The van der Waals surface area contributed by atoms with E-state index in [0.717, 1.165) is 4.88 Å². The number of aliphatic hydroxyl groups is 1. The molecule has 2 aliphatic rings. The van der Waals surface area contributed by atoms with Gasteiger partial charge in [-0.1, -0.05) is 6.07 Å². The lowest BCUT2D eigenvalue weighted by Gasteiger charge is -2.24. The van der Waals surface area contributed by atoms with E-state index in [4.69, 9.17) is 14.2 Å². The second-order valence-electron chi connectivity index (χ2n) is 7.18. The molecule has 1 unspecified atom stereocenters. The highest BCUT2D eigenvalue weighted by molar-refractivity contribution is 7.10. The van der Waals surface area contributed by atoms with E-state index < -0.39 is 17.7 Å². The van der Waals surface area contributed by atoms with Gasteiger partial charge in [-0.15, -0.1) is 11.3 Å². The Labute approximate surface area is 188 Å². The summed E-state index contributed by atoms with van der Waals surface area (Å²) in [5, 5.41) is 13.0. The molecule has 3 aromatic rings. The van der Waals surface area contributed by atoms with Gasteiger partial charge in [0, 0.05) is 16.1 Å². The lowest BCUT2D eigenvalue weighted by atomic mass is 9.99. The maximum Gasteiger partial charge on any atom is 0.300 e. The Kier molecular flexibility index (Phi) is 5.07. The molecule has 1 fully saturated rings. The number of anilines is 1. The number of Topliss-reactive ketones (excluding diaryl/α,β-unsaturated/α-hetero) is 1. The van der Waals surface area contributed by atoms with Gasteiger partial charge in [-0.25, -0.2) is 0 Å². The summed E-state index contributed by atoms with van der Waals surface area (Å²) in [6, 6.07) is 14.8. The molecule has 8 heteroatoms. The zero-order valence-electron chi connectivity index (χ0n) is 17.1. The molecule has 7 nitrogen and oxygen atoms in total. The van der Waals surface area contributed by atoms with E-state index in [1.54, 1.807) is 42.5 Å². The van der Waals surface area contributed by atoms with E-state index in [0.29, 0.717) is 35.1 Å². The van der Waals surface area contributed by atoms with E-state index in [1.165, 1.54) is 16.2 Å². The lowest BCUT2D eigenvalue weighted by molar-refractivity contribution is -0.132. The highest BCUT2D eigenvalue weighted by Gasteiger charge is 2.47. The molecule has 32 heavy (non-hydrogen) atoms. The van der Waals surface area contributed by atoms with Crippen LogP contribution in [0.15, 0.2) is 65.6 Å². The molecule has 1 atom stereocenters. The van der Waals surface area contributed by atoms with E-state index in [1.807, 2.05) is 24.4 Å². The Morgan fingerprint density at radius 3 is 2.62 bits per heavy atom. The van der Waals surface area contributed by atoms with Crippen LogP contribution in [-0.2, 0) is 9.59 Å². The third-order valence-electron chi connectivity index (χ3n) is 5.33. The molecule has 1 aromatic heterocycles. The number of rotatable bonds is 5. The maximum absolute atomic E-state index is 13.1. The van der Waals surface area contributed by atoms with Gasteiger partial charge in [0.1, 0.15) is 17.6 Å². The number of hydrogen-bond donors (Lipinski definition) is 1. The minimum Gasteiger partial charge on any atom is -0.507 e. The number of aliphatic hydroxyl groups excluding tert-OH is 1. The van der Waals surface area contributed by atoms with Crippen LogP contribution < -0.4 is 19.1 Å². The topological polar surface area (TPSA) is 85.3 Å². The summed E-state index contributed by atoms with van der Waals surface area (Å²) in [5.41, 5.74) is 0.949. The molecule has 0 bridgehead atoms. The molecule has 5 rings (SSSR count). The van der Waals surface area contributed by atoms with Gasteiger partial charge < -0.3 is 19.3 Å².